The van der Waals surface area contributed by atoms with Crippen molar-refractivity contribution < 1.29 is 4.74 Å². The standard InChI is InChI=1S/C18H28N4O/c1-14-11-22(12-15(2)23-14)13-17-6-4-16(5-7-17)10-20-18-19-8-9-21(18)3/h4-7,14-15H,8-13H2,1-3H3,(H,19,20). The molecule has 0 radical (unpaired) electrons. The highest BCUT2D eigenvalue weighted by molar-refractivity contribution is 5.81. The van der Waals surface area contributed by atoms with Crippen LogP contribution >= 0.6 is 0 Å². The number of hydrogen-bond donors (Lipinski definition) is 1. The molecular weight excluding hydrogens is 288 g/mol. The fourth-order valence-electron chi connectivity index (χ4n) is 3.34. The number of nitrogens with zero attached hydrogens (tertiary/aromatic N) is 3. The third-order valence-electron chi connectivity index (χ3n) is 4.43. The van der Waals surface area contributed by atoms with Gasteiger partial charge in [-0.05, 0) is 25.0 Å². The Morgan fingerprint density at radius 3 is 2.39 bits per heavy atom. The van der Waals surface area contributed by atoms with Crippen LogP contribution in [0.4, 0.5) is 0 Å². The molecule has 0 aliphatic carbocycles. The molecule has 2 unspecified atom stereocenters. The number of hydrogen-bond acceptors (Lipinski definition) is 5. The number of rotatable bonds is 4. The van der Waals surface area contributed by atoms with Gasteiger partial charge in [0.1, 0.15) is 0 Å². The van der Waals surface area contributed by atoms with Gasteiger partial charge < -0.3 is 15.0 Å². The average molecular weight is 316 g/mol. The van der Waals surface area contributed by atoms with Crippen LogP contribution in [0, 0.1) is 0 Å². The van der Waals surface area contributed by atoms with E-state index in [1.807, 2.05) is 0 Å². The first kappa shape index (κ1) is 16.3. The second-order valence-corrected chi connectivity index (χ2v) is 6.75. The van der Waals surface area contributed by atoms with E-state index in [2.05, 4.69) is 65.3 Å². The van der Waals surface area contributed by atoms with E-state index in [9.17, 15) is 0 Å². The summed E-state index contributed by atoms with van der Waals surface area (Å²) in [6, 6.07) is 8.90. The van der Waals surface area contributed by atoms with Crippen LogP contribution in [-0.2, 0) is 17.8 Å². The van der Waals surface area contributed by atoms with Crippen molar-refractivity contribution in [2.75, 3.05) is 33.2 Å². The van der Waals surface area contributed by atoms with Gasteiger partial charge in [-0.3, -0.25) is 9.89 Å². The van der Waals surface area contributed by atoms with Crippen LogP contribution in [-0.4, -0.2) is 61.2 Å². The van der Waals surface area contributed by atoms with Gasteiger partial charge in [0.25, 0.3) is 0 Å². The van der Waals surface area contributed by atoms with E-state index in [0.717, 1.165) is 45.2 Å². The number of ether oxygens (including phenoxy) is 1. The number of nitrogens with one attached hydrogen (secondary N) is 1. The maximum absolute atomic E-state index is 5.80. The van der Waals surface area contributed by atoms with E-state index in [0.29, 0.717) is 12.2 Å². The van der Waals surface area contributed by atoms with E-state index in [1.54, 1.807) is 0 Å². The van der Waals surface area contributed by atoms with Crippen molar-refractivity contribution in [1.82, 2.24) is 15.1 Å². The molecule has 5 heteroatoms. The van der Waals surface area contributed by atoms with Crippen molar-refractivity contribution in [3.63, 3.8) is 0 Å². The van der Waals surface area contributed by atoms with Crippen LogP contribution in [0.25, 0.3) is 0 Å². The highest BCUT2D eigenvalue weighted by atomic mass is 16.5. The molecule has 1 aromatic carbocycles. The molecule has 0 aromatic heterocycles. The predicted molar refractivity (Wildman–Crippen MR) is 93.5 cm³/mol. The van der Waals surface area contributed by atoms with Gasteiger partial charge in [0, 0.05) is 39.8 Å². The first-order valence-corrected chi connectivity index (χ1v) is 8.55. The van der Waals surface area contributed by atoms with Crippen molar-refractivity contribution >= 4 is 5.96 Å². The zero-order valence-corrected chi connectivity index (χ0v) is 14.5. The fourth-order valence-corrected chi connectivity index (χ4v) is 3.34. The largest absolute Gasteiger partial charge is 0.373 e. The molecule has 126 valence electrons. The zero-order valence-electron chi connectivity index (χ0n) is 14.5. The van der Waals surface area contributed by atoms with Crippen molar-refractivity contribution in [3.8, 4) is 0 Å². The molecule has 2 aliphatic heterocycles. The minimum absolute atomic E-state index is 0.325. The Morgan fingerprint density at radius 1 is 1.13 bits per heavy atom. The highest BCUT2D eigenvalue weighted by Crippen LogP contribution is 2.14. The normalized spacial score (nSPS) is 25.5. The molecule has 1 N–H and O–H groups in total. The highest BCUT2D eigenvalue weighted by Gasteiger charge is 2.21. The summed E-state index contributed by atoms with van der Waals surface area (Å²) in [7, 11) is 2.08. The molecule has 23 heavy (non-hydrogen) atoms. The molecule has 1 aromatic rings. The maximum Gasteiger partial charge on any atom is 0.194 e. The van der Waals surface area contributed by atoms with Gasteiger partial charge in [0.2, 0.25) is 0 Å². The summed E-state index contributed by atoms with van der Waals surface area (Å²) < 4.78 is 5.80. The molecule has 5 nitrogen and oxygen atoms in total. The lowest BCUT2D eigenvalue weighted by Crippen LogP contribution is -2.44. The third kappa shape index (κ3) is 4.45. The summed E-state index contributed by atoms with van der Waals surface area (Å²) in [5.74, 6) is 1.00. The molecule has 0 spiro atoms. The summed E-state index contributed by atoms with van der Waals surface area (Å²) in [6.45, 7) is 10.1. The summed E-state index contributed by atoms with van der Waals surface area (Å²) in [6.07, 6.45) is 0.651. The molecular formula is C18H28N4O. The van der Waals surface area contributed by atoms with Gasteiger partial charge in [-0.25, -0.2) is 0 Å². The van der Waals surface area contributed by atoms with Crippen LogP contribution < -0.4 is 5.32 Å². The molecule has 2 heterocycles. The Balaban J connectivity index is 1.50. The van der Waals surface area contributed by atoms with Crippen LogP contribution in [0.3, 0.4) is 0 Å². The average Bonchev–Trinajstić information content (AvgIpc) is 2.91. The Hall–Kier alpha value is -1.59. The van der Waals surface area contributed by atoms with Crippen LogP contribution in [0.15, 0.2) is 29.3 Å². The zero-order chi connectivity index (χ0) is 16.2. The van der Waals surface area contributed by atoms with E-state index >= 15 is 0 Å². The molecule has 0 saturated carbocycles. The Morgan fingerprint density at radius 2 is 1.78 bits per heavy atom. The topological polar surface area (TPSA) is 40.1 Å². The number of likely N-dealkylation sites (N-methyl/N-ethyl adjacent to an activating group) is 1. The minimum atomic E-state index is 0.325. The molecule has 2 aliphatic rings. The Bertz CT molecular complexity index is 532. The van der Waals surface area contributed by atoms with Crippen molar-refractivity contribution in [2.24, 2.45) is 4.99 Å². The lowest BCUT2D eigenvalue weighted by molar-refractivity contribution is -0.0704. The van der Waals surface area contributed by atoms with Crippen LogP contribution in [0.1, 0.15) is 25.0 Å². The molecule has 3 rings (SSSR count). The third-order valence-corrected chi connectivity index (χ3v) is 4.43. The van der Waals surface area contributed by atoms with Crippen molar-refractivity contribution in [3.05, 3.63) is 35.4 Å². The van der Waals surface area contributed by atoms with Crippen LogP contribution in [0.5, 0.6) is 0 Å². The number of guanidine groups is 1. The summed E-state index contributed by atoms with van der Waals surface area (Å²) in [5, 5.41) is 3.41. The maximum atomic E-state index is 5.80. The molecule has 1 fully saturated rings. The fraction of sp³-hybridized carbons (Fsp3) is 0.611. The quantitative estimate of drug-likeness (QED) is 0.918. The molecule has 0 amide bonds. The number of morpholine rings is 1. The van der Waals surface area contributed by atoms with Gasteiger partial charge in [-0.1, -0.05) is 24.3 Å². The second kappa shape index (κ2) is 7.32. The van der Waals surface area contributed by atoms with Gasteiger partial charge in [0.15, 0.2) is 5.96 Å². The lowest BCUT2D eigenvalue weighted by atomic mass is 10.1. The smallest absolute Gasteiger partial charge is 0.194 e. The van der Waals surface area contributed by atoms with Gasteiger partial charge in [-0.2, -0.15) is 0 Å². The molecule has 0 bridgehead atoms. The van der Waals surface area contributed by atoms with Gasteiger partial charge >= 0.3 is 0 Å². The lowest BCUT2D eigenvalue weighted by Gasteiger charge is -2.35. The summed E-state index contributed by atoms with van der Waals surface area (Å²) in [5.41, 5.74) is 2.66. The Kier molecular flexibility index (Phi) is 5.18. The number of benzene rings is 1. The van der Waals surface area contributed by atoms with E-state index in [4.69, 9.17) is 4.74 Å². The monoisotopic (exact) mass is 316 g/mol. The van der Waals surface area contributed by atoms with Crippen LogP contribution in [0.2, 0.25) is 0 Å². The van der Waals surface area contributed by atoms with Crippen molar-refractivity contribution in [1.29, 1.82) is 0 Å². The molecule has 2 atom stereocenters. The summed E-state index contributed by atoms with van der Waals surface area (Å²) in [4.78, 5) is 9.10. The SMILES string of the molecule is CC1CN(Cc2ccc(CNC3=NCCN3C)cc2)CC(C)O1. The first-order chi connectivity index (χ1) is 11.1. The van der Waals surface area contributed by atoms with E-state index in [1.165, 1.54) is 11.1 Å². The minimum Gasteiger partial charge on any atom is -0.373 e. The first-order valence-electron chi connectivity index (χ1n) is 8.55. The van der Waals surface area contributed by atoms with Gasteiger partial charge in [-0.15, -0.1) is 0 Å². The van der Waals surface area contributed by atoms with Gasteiger partial charge in [0.05, 0.1) is 18.8 Å². The second-order valence-electron chi connectivity index (χ2n) is 6.75. The number of aliphatic imine (C=N–C) groups is 1. The van der Waals surface area contributed by atoms with E-state index in [-0.39, 0.29) is 0 Å². The van der Waals surface area contributed by atoms with E-state index < -0.39 is 0 Å². The Labute approximate surface area is 139 Å². The molecule has 1 saturated heterocycles. The van der Waals surface area contributed by atoms with Crippen molar-refractivity contribution in [2.45, 2.75) is 39.1 Å². The predicted octanol–water partition coefficient (Wildman–Crippen LogP) is 1.69. The summed E-state index contributed by atoms with van der Waals surface area (Å²) >= 11 is 0.